The Bertz CT molecular complexity index is 1170. The van der Waals surface area contributed by atoms with Gasteiger partial charge >= 0.3 is 5.69 Å². The molecule has 0 saturated heterocycles. The summed E-state index contributed by atoms with van der Waals surface area (Å²) in [5, 5.41) is 19.4. The number of rotatable bonds is 6. The van der Waals surface area contributed by atoms with Crippen LogP contribution in [0.25, 0.3) is 11.0 Å². The highest BCUT2D eigenvalue weighted by Gasteiger charge is 2.23. The molecule has 1 aromatic carbocycles. The minimum Gasteiger partial charge on any atom is -0.337 e. The highest BCUT2D eigenvalue weighted by molar-refractivity contribution is 5.76. The van der Waals surface area contributed by atoms with E-state index in [0.29, 0.717) is 29.6 Å². The first-order chi connectivity index (χ1) is 13.5. The van der Waals surface area contributed by atoms with Crippen molar-refractivity contribution in [2.45, 2.75) is 40.3 Å². The predicted octanol–water partition coefficient (Wildman–Crippen LogP) is 2.80. The van der Waals surface area contributed by atoms with Crippen LogP contribution >= 0.6 is 0 Å². The highest BCUT2D eigenvalue weighted by atomic mass is 16.6. The van der Waals surface area contributed by atoms with Gasteiger partial charge in [-0.1, -0.05) is 24.2 Å². The zero-order chi connectivity index (χ0) is 19.8. The van der Waals surface area contributed by atoms with Crippen LogP contribution in [0.1, 0.15) is 35.9 Å². The van der Waals surface area contributed by atoms with Crippen molar-refractivity contribution in [2.24, 2.45) is 0 Å². The van der Waals surface area contributed by atoms with Gasteiger partial charge in [-0.15, -0.1) is 0 Å². The van der Waals surface area contributed by atoms with Crippen molar-refractivity contribution >= 4 is 16.7 Å². The number of hydrogen-bond acceptors (Lipinski definition) is 7. The maximum atomic E-state index is 11.1. The van der Waals surface area contributed by atoms with E-state index >= 15 is 0 Å². The molecule has 144 valence electrons. The number of para-hydroxylation sites is 2. The van der Waals surface area contributed by atoms with E-state index in [1.54, 1.807) is 13.8 Å². The summed E-state index contributed by atoms with van der Waals surface area (Å²) in [4.78, 5) is 19.8. The Hall–Kier alpha value is -3.56. The van der Waals surface area contributed by atoms with Crippen molar-refractivity contribution in [3.8, 4) is 0 Å². The van der Waals surface area contributed by atoms with Gasteiger partial charge in [0.05, 0.1) is 22.5 Å². The van der Waals surface area contributed by atoms with E-state index in [0.717, 1.165) is 23.3 Å². The molecule has 10 nitrogen and oxygen atoms in total. The van der Waals surface area contributed by atoms with Crippen molar-refractivity contribution in [1.29, 1.82) is 0 Å². The number of nitro groups is 1. The predicted molar refractivity (Wildman–Crippen MR) is 100.0 cm³/mol. The number of imidazole rings is 1. The third kappa shape index (κ3) is 3.02. The molecule has 0 fully saturated rings. The molecule has 0 aliphatic carbocycles. The molecule has 0 unspecified atom stereocenters. The van der Waals surface area contributed by atoms with E-state index in [4.69, 9.17) is 4.52 Å². The number of hydrogen-bond donors (Lipinski definition) is 0. The van der Waals surface area contributed by atoms with Crippen LogP contribution in [0.15, 0.2) is 28.8 Å². The standard InChI is InChI=1S/C18H19N7O3/c1-4-16-19-13-7-5-6-8-14(13)23(16)9-15-20-17(28-22-15)10-24-12(3)18(25(26)27)11(2)21-24/h5-8H,4,9-10H2,1-3H3. The number of nitrogens with zero attached hydrogens (tertiary/aromatic N) is 7. The summed E-state index contributed by atoms with van der Waals surface area (Å²) in [6.07, 6.45) is 0.787. The number of aromatic nitrogens is 6. The molecule has 0 saturated carbocycles. The molecule has 0 aliphatic rings. The van der Waals surface area contributed by atoms with Crippen LogP contribution in [0.2, 0.25) is 0 Å². The Kier molecular flexibility index (Phi) is 4.38. The zero-order valence-corrected chi connectivity index (χ0v) is 15.8. The van der Waals surface area contributed by atoms with Gasteiger partial charge < -0.3 is 9.09 Å². The molecular weight excluding hydrogens is 362 g/mol. The van der Waals surface area contributed by atoms with Crippen LogP contribution in [0.3, 0.4) is 0 Å². The Morgan fingerprint density at radius 3 is 2.68 bits per heavy atom. The number of benzene rings is 1. The molecular formula is C18H19N7O3. The van der Waals surface area contributed by atoms with E-state index in [1.165, 1.54) is 4.68 Å². The minimum atomic E-state index is -0.427. The molecule has 3 heterocycles. The van der Waals surface area contributed by atoms with Crippen molar-refractivity contribution in [1.82, 2.24) is 29.5 Å². The third-order valence-corrected chi connectivity index (χ3v) is 4.67. The van der Waals surface area contributed by atoms with E-state index in [2.05, 4.69) is 31.7 Å². The first-order valence-electron chi connectivity index (χ1n) is 8.92. The van der Waals surface area contributed by atoms with Gasteiger partial charge in [0, 0.05) is 6.42 Å². The van der Waals surface area contributed by atoms with Crippen molar-refractivity contribution in [2.75, 3.05) is 0 Å². The average Bonchev–Trinajstić information content (AvgIpc) is 3.33. The fourth-order valence-corrected chi connectivity index (χ4v) is 3.37. The molecule has 4 rings (SSSR count). The topological polar surface area (TPSA) is 118 Å². The number of aryl methyl sites for hydroxylation is 2. The van der Waals surface area contributed by atoms with Gasteiger partial charge in [-0.25, -0.2) is 4.98 Å². The van der Waals surface area contributed by atoms with Gasteiger partial charge in [0.1, 0.15) is 23.8 Å². The normalized spacial score (nSPS) is 11.4. The second-order valence-corrected chi connectivity index (χ2v) is 6.49. The first kappa shape index (κ1) is 17.8. The lowest BCUT2D eigenvalue weighted by atomic mass is 10.3. The number of fused-ring (bicyclic) bond motifs is 1. The third-order valence-electron chi connectivity index (χ3n) is 4.67. The molecule has 0 aliphatic heterocycles. The van der Waals surface area contributed by atoms with Gasteiger partial charge in [0.2, 0.25) is 5.89 Å². The molecule has 4 aromatic rings. The maximum absolute atomic E-state index is 11.1. The lowest BCUT2D eigenvalue weighted by Gasteiger charge is -2.04. The molecule has 10 heteroatoms. The summed E-state index contributed by atoms with van der Waals surface area (Å²) in [5.74, 6) is 1.81. The summed E-state index contributed by atoms with van der Waals surface area (Å²) < 4.78 is 8.92. The van der Waals surface area contributed by atoms with E-state index < -0.39 is 4.92 Å². The molecule has 28 heavy (non-hydrogen) atoms. The van der Waals surface area contributed by atoms with Crippen molar-refractivity contribution < 1.29 is 9.45 Å². The monoisotopic (exact) mass is 381 g/mol. The first-order valence-corrected chi connectivity index (χ1v) is 8.92. The molecule has 0 N–H and O–H groups in total. The Morgan fingerprint density at radius 1 is 1.18 bits per heavy atom. The van der Waals surface area contributed by atoms with Crippen LogP contribution in [0.4, 0.5) is 5.69 Å². The van der Waals surface area contributed by atoms with Gasteiger partial charge in [-0.05, 0) is 26.0 Å². The Morgan fingerprint density at radius 2 is 1.96 bits per heavy atom. The minimum absolute atomic E-state index is 0.0113. The second kappa shape index (κ2) is 6.87. The van der Waals surface area contributed by atoms with Crippen LogP contribution in [-0.4, -0.2) is 34.4 Å². The summed E-state index contributed by atoms with van der Waals surface area (Å²) in [6, 6.07) is 7.91. The fourth-order valence-electron chi connectivity index (χ4n) is 3.37. The van der Waals surface area contributed by atoms with Crippen LogP contribution in [0.5, 0.6) is 0 Å². The summed E-state index contributed by atoms with van der Waals surface area (Å²) >= 11 is 0. The smallest absolute Gasteiger partial charge is 0.312 e. The molecule has 0 amide bonds. The lowest BCUT2D eigenvalue weighted by molar-refractivity contribution is -0.386. The fraction of sp³-hybridized carbons (Fsp3) is 0.333. The Balaban J connectivity index is 1.60. The van der Waals surface area contributed by atoms with Crippen LogP contribution < -0.4 is 0 Å². The SMILES string of the molecule is CCc1nc2ccccc2n1Cc1noc(Cn2nc(C)c([N+](=O)[O-])c2C)n1. The largest absolute Gasteiger partial charge is 0.337 e. The molecule has 3 aromatic heterocycles. The summed E-state index contributed by atoms with van der Waals surface area (Å²) in [6.45, 7) is 5.93. The summed E-state index contributed by atoms with van der Waals surface area (Å²) in [7, 11) is 0. The quantitative estimate of drug-likeness (QED) is 0.372. The van der Waals surface area contributed by atoms with Crippen molar-refractivity contribution in [3.05, 3.63) is 63.3 Å². The highest BCUT2D eigenvalue weighted by Crippen LogP contribution is 2.22. The van der Waals surface area contributed by atoms with Gasteiger partial charge in [0.15, 0.2) is 5.82 Å². The van der Waals surface area contributed by atoms with E-state index in [-0.39, 0.29) is 12.2 Å². The molecule has 0 spiro atoms. The lowest BCUT2D eigenvalue weighted by Crippen LogP contribution is -2.07. The molecule has 0 bridgehead atoms. The molecule has 0 radical (unpaired) electrons. The van der Waals surface area contributed by atoms with Crippen LogP contribution in [-0.2, 0) is 19.5 Å². The zero-order valence-electron chi connectivity index (χ0n) is 15.8. The average molecular weight is 381 g/mol. The van der Waals surface area contributed by atoms with Crippen LogP contribution in [0, 0.1) is 24.0 Å². The van der Waals surface area contributed by atoms with Gasteiger partial charge in [-0.3, -0.25) is 14.8 Å². The van der Waals surface area contributed by atoms with Gasteiger partial charge in [-0.2, -0.15) is 10.1 Å². The maximum Gasteiger partial charge on any atom is 0.312 e. The second-order valence-electron chi connectivity index (χ2n) is 6.49. The van der Waals surface area contributed by atoms with Gasteiger partial charge in [0.25, 0.3) is 0 Å². The van der Waals surface area contributed by atoms with E-state index in [9.17, 15) is 10.1 Å². The molecule has 0 atom stereocenters. The Labute approximate surface area is 160 Å². The van der Waals surface area contributed by atoms with Crippen molar-refractivity contribution in [3.63, 3.8) is 0 Å². The van der Waals surface area contributed by atoms with E-state index in [1.807, 2.05) is 24.3 Å². The summed E-state index contributed by atoms with van der Waals surface area (Å²) in [5.41, 5.74) is 2.77.